The van der Waals surface area contributed by atoms with Gasteiger partial charge in [0.05, 0.1) is 0 Å². The highest BCUT2D eigenvalue weighted by atomic mass is 16.5. The van der Waals surface area contributed by atoms with Crippen molar-refractivity contribution in [2.24, 2.45) is 0 Å². The number of allylic oxidation sites excluding steroid dienone is 1. The largest absolute Gasteiger partial charge is 0.489 e. The lowest BCUT2D eigenvalue weighted by molar-refractivity contribution is 0.306. The van der Waals surface area contributed by atoms with Gasteiger partial charge in [-0.25, -0.2) is 0 Å². The Morgan fingerprint density at radius 1 is 1.00 bits per heavy atom. The van der Waals surface area contributed by atoms with E-state index in [4.69, 9.17) is 4.74 Å². The first kappa shape index (κ1) is 10.2. The maximum absolute atomic E-state index is 5.78. The molecule has 84 valence electrons. The Kier molecular flexibility index (Phi) is 2.66. The molecule has 0 unspecified atom stereocenters. The molecule has 0 atom stereocenters. The summed E-state index contributed by atoms with van der Waals surface area (Å²) in [5.74, 6) is 0.944. The van der Waals surface area contributed by atoms with Gasteiger partial charge in [0.25, 0.3) is 0 Å². The van der Waals surface area contributed by atoms with E-state index in [0.29, 0.717) is 6.61 Å². The van der Waals surface area contributed by atoms with Crippen molar-refractivity contribution in [2.45, 2.75) is 13.0 Å². The predicted molar refractivity (Wildman–Crippen MR) is 70.0 cm³/mol. The molecular weight excluding hydrogens is 208 g/mol. The Morgan fingerprint density at radius 3 is 2.76 bits per heavy atom. The Bertz CT molecular complexity index is 541. The second-order valence-corrected chi connectivity index (χ2v) is 4.24. The van der Waals surface area contributed by atoms with Gasteiger partial charge < -0.3 is 4.74 Å². The monoisotopic (exact) mass is 222 g/mol. The summed E-state index contributed by atoms with van der Waals surface area (Å²) in [7, 11) is 0. The van der Waals surface area contributed by atoms with Crippen molar-refractivity contribution < 1.29 is 4.74 Å². The molecule has 0 saturated carbocycles. The minimum absolute atomic E-state index is 0.628. The van der Waals surface area contributed by atoms with Crippen molar-refractivity contribution in [3.63, 3.8) is 0 Å². The van der Waals surface area contributed by atoms with Gasteiger partial charge >= 0.3 is 0 Å². The zero-order chi connectivity index (χ0) is 11.5. The van der Waals surface area contributed by atoms with Crippen LogP contribution in [0, 0.1) is 0 Å². The number of hydrogen-bond donors (Lipinski definition) is 0. The molecule has 0 aliphatic heterocycles. The molecule has 0 N–H and O–H groups in total. The zero-order valence-electron chi connectivity index (χ0n) is 9.60. The van der Waals surface area contributed by atoms with E-state index < -0.39 is 0 Å². The minimum Gasteiger partial charge on any atom is -0.489 e. The lowest BCUT2D eigenvalue weighted by Crippen LogP contribution is -1.95. The molecule has 0 saturated heterocycles. The van der Waals surface area contributed by atoms with Gasteiger partial charge in [-0.2, -0.15) is 0 Å². The third kappa shape index (κ3) is 2.23. The number of hydrogen-bond acceptors (Lipinski definition) is 1. The Balaban J connectivity index is 1.72. The number of fused-ring (bicyclic) bond motifs is 1. The highest BCUT2D eigenvalue weighted by Gasteiger charge is 2.05. The molecule has 2 aromatic carbocycles. The summed E-state index contributed by atoms with van der Waals surface area (Å²) in [6.45, 7) is 0.628. The maximum Gasteiger partial charge on any atom is 0.120 e. The summed E-state index contributed by atoms with van der Waals surface area (Å²) in [4.78, 5) is 0. The van der Waals surface area contributed by atoms with Crippen molar-refractivity contribution in [2.75, 3.05) is 0 Å². The molecule has 1 aliphatic carbocycles. The van der Waals surface area contributed by atoms with Crippen molar-refractivity contribution in [1.82, 2.24) is 0 Å². The van der Waals surface area contributed by atoms with Gasteiger partial charge in [-0.1, -0.05) is 48.6 Å². The molecule has 0 aromatic heterocycles. The van der Waals surface area contributed by atoms with Crippen LogP contribution in [0.3, 0.4) is 0 Å². The van der Waals surface area contributed by atoms with E-state index in [2.05, 4.69) is 42.5 Å². The highest BCUT2D eigenvalue weighted by molar-refractivity contribution is 5.61. The molecule has 0 spiro atoms. The summed E-state index contributed by atoms with van der Waals surface area (Å²) >= 11 is 0. The van der Waals surface area contributed by atoms with Crippen LogP contribution in [0.1, 0.15) is 16.7 Å². The van der Waals surface area contributed by atoms with Gasteiger partial charge in [0.15, 0.2) is 0 Å². The summed E-state index contributed by atoms with van der Waals surface area (Å²) in [5, 5.41) is 0. The van der Waals surface area contributed by atoms with E-state index in [0.717, 1.165) is 12.2 Å². The first-order valence-electron chi connectivity index (χ1n) is 5.88. The molecule has 0 heterocycles. The fourth-order valence-corrected chi connectivity index (χ4v) is 2.06. The van der Waals surface area contributed by atoms with Crippen LogP contribution < -0.4 is 4.74 Å². The number of ether oxygens (including phenoxy) is 1. The predicted octanol–water partition coefficient (Wildman–Crippen LogP) is 3.83. The van der Waals surface area contributed by atoms with Gasteiger partial charge in [-0.3, -0.25) is 0 Å². The zero-order valence-corrected chi connectivity index (χ0v) is 9.60. The van der Waals surface area contributed by atoms with Crippen LogP contribution in [-0.2, 0) is 13.0 Å². The lowest BCUT2D eigenvalue weighted by atomic mass is 10.1. The van der Waals surface area contributed by atoms with E-state index >= 15 is 0 Å². The summed E-state index contributed by atoms with van der Waals surface area (Å²) in [5.41, 5.74) is 3.87. The van der Waals surface area contributed by atoms with Crippen LogP contribution in [0.15, 0.2) is 54.6 Å². The van der Waals surface area contributed by atoms with Crippen molar-refractivity contribution >= 4 is 6.08 Å². The molecule has 0 fully saturated rings. The Hall–Kier alpha value is -2.02. The number of rotatable bonds is 3. The van der Waals surface area contributed by atoms with Gasteiger partial charge in [0.2, 0.25) is 0 Å². The van der Waals surface area contributed by atoms with Gasteiger partial charge in [0, 0.05) is 0 Å². The second kappa shape index (κ2) is 4.46. The van der Waals surface area contributed by atoms with Gasteiger partial charge in [-0.05, 0) is 35.2 Å². The first-order valence-corrected chi connectivity index (χ1v) is 5.88. The van der Waals surface area contributed by atoms with Crippen LogP contribution in [0.5, 0.6) is 5.75 Å². The van der Waals surface area contributed by atoms with Crippen molar-refractivity contribution in [1.29, 1.82) is 0 Å². The molecule has 1 aliphatic rings. The Labute approximate surface area is 101 Å². The second-order valence-electron chi connectivity index (χ2n) is 4.24. The van der Waals surface area contributed by atoms with Crippen molar-refractivity contribution in [3.8, 4) is 5.75 Å². The third-order valence-electron chi connectivity index (χ3n) is 3.00. The first-order chi connectivity index (χ1) is 8.42. The van der Waals surface area contributed by atoms with E-state index in [1.807, 2.05) is 18.2 Å². The van der Waals surface area contributed by atoms with Crippen LogP contribution in [0.2, 0.25) is 0 Å². The highest BCUT2D eigenvalue weighted by Crippen LogP contribution is 2.24. The Morgan fingerprint density at radius 2 is 1.88 bits per heavy atom. The van der Waals surface area contributed by atoms with Crippen LogP contribution >= 0.6 is 0 Å². The average Bonchev–Trinajstić information content (AvgIpc) is 2.85. The topological polar surface area (TPSA) is 9.23 Å². The standard InChI is InChI=1S/C16H14O/c1-2-5-13(6-3-1)12-17-16-10-9-14-7-4-8-15(14)11-16/h1-6,8-11H,7,12H2. The fraction of sp³-hybridized carbons (Fsp3) is 0.125. The summed E-state index contributed by atoms with van der Waals surface area (Å²) in [6, 6.07) is 16.5. The minimum atomic E-state index is 0.628. The molecule has 0 amide bonds. The average molecular weight is 222 g/mol. The van der Waals surface area contributed by atoms with E-state index in [-0.39, 0.29) is 0 Å². The molecule has 17 heavy (non-hydrogen) atoms. The van der Waals surface area contributed by atoms with Gasteiger partial charge in [-0.15, -0.1) is 0 Å². The van der Waals surface area contributed by atoms with E-state index in [9.17, 15) is 0 Å². The molecule has 3 rings (SSSR count). The third-order valence-corrected chi connectivity index (χ3v) is 3.00. The summed E-state index contributed by atoms with van der Waals surface area (Å²) in [6.07, 6.45) is 5.39. The van der Waals surface area contributed by atoms with Crippen LogP contribution in [-0.4, -0.2) is 0 Å². The van der Waals surface area contributed by atoms with E-state index in [1.54, 1.807) is 0 Å². The molecule has 0 bridgehead atoms. The number of benzene rings is 2. The van der Waals surface area contributed by atoms with Crippen LogP contribution in [0.25, 0.3) is 6.08 Å². The molecule has 2 aromatic rings. The van der Waals surface area contributed by atoms with Crippen LogP contribution in [0.4, 0.5) is 0 Å². The maximum atomic E-state index is 5.78. The fourth-order valence-electron chi connectivity index (χ4n) is 2.06. The molecule has 0 radical (unpaired) electrons. The van der Waals surface area contributed by atoms with Crippen molar-refractivity contribution in [3.05, 3.63) is 71.3 Å². The molecular formula is C16H14O. The van der Waals surface area contributed by atoms with Gasteiger partial charge in [0.1, 0.15) is 12.4 Å². The van der Waals surface area contributed by atoms with E-state index in [1.165, 1.54) is 16.7 Å². The quantitative estimate of drug-likeness (QED) is 0.766. The SMILES string of the molecule is C1=Cc2cc(OCc3ccccc3)ccc2C1. The smallest absolute Gasteiger partial charge is 0.120 e. The lowest BCUT2D eigenvalue weighted by Gasteiger charge is -2.07. The molecule has 1 heteroatoms. The molecule has 1 nitrogen and oxygen atoms in total. The normalized spacial score (nSPS) is 12.5. The summed E-state index contributed by atoms with van der Waals surface area (Å²) < 4.78 is 5.78.